The second kappa shape index (κ2) is 9.80. The molecule has 0 atom stereocenters. The third kappa shape index (κ3) is 6.02. The lowest BCUT2D eigenvalue weighted by Gasteiger charge is -2.06. The molecular formula is C20H21N5O2S. The molecule has 0 bridgehead atoms. The first-order chi connectivity index (χ1) is 13.6. The van der Waals surface area contributed by atoms with Crippen LogP contribution < -0.4 is 5.32 Å². The van der Waals surface area contributed by atoms with E-state index in [0.29, 0.717) is 5.95 Å². The number of benzene rings is 1. The maximum atomic E-state index is 10.6. The molecule has 144 valence electrons. The van der Waals surface area contributed by atoms with E-state index in [2.05, 4.69) is 26.3 Å². The number of nitrogens with one attached hydrogen (secondary N) is 1. The van der Waals surface area contributed by atoms with E-state index >= 15 is 0 Å². The zero-order valence-electron chi connectivity index (χ0n) is 15.5. The van der Waals surface area contributed by atoms with Crippen LogP contribution in [0.3, 0.4) is 0 Å². The number of nitro groups is 1. The number of hydrogen-bond donors (Lipinski definition) is 1. The first-order valence-corrected chi connectivity index (χ1v) is 10.0. The summed E-state index contributed by atoms with van der Waals surface area (Å²) in [5.41, 5.74) is 4.38. The minimum absolute atomic E-state index is 0.120. The van der Waals surface area contributed by atoms with E-state index < -0.39 is 0 Å². The van der Waals surface area contributed by atoms with E-state index in [9.17, 15) is 10.1 Å². The van der Waals surface area contributed by atoms with Crippen molar-refractivity contribution >= 4 is 23.4 Å². The van der Waals surface area contributed by atoms with Crippen LogP contribution in [0.5, 0.6) is 0 Å². The van der Waals surface area contributed by atoms with Gasteiger partial charge in [0.2, 0.25) is 5.95 Å². The predicted molar refractivity (Wildman–Crippen MR) is 112 cm³/mol. The molecule has 8 heteroatoms. The summed E-state index contributed by atoms with van der Waals surface area (Å²) in [6.07, 6.45) is 6.31. The predicted octanol–water partition coefficient (Wildman–Crippen LogP) is 4.02. The summed E-state index contributed by atoms with van der Waals surface area (Å²) < 4.78 is 0. The Morgan fingerprint density at radius 3 is 2.29 bits per heavy atom. The number of thioether (sulfide) groups is 1. The van der Waals surface area contributed by atoms with Crippen molar-refractivity contribution in [1.82, 2.24) is 15.0 Å². The lowest BCUT2D eigenvalue weighted by molar-refractivity contribution is -0.384. The van der Waals surface area contributed by atoms with Gasteiger partial charge in [0.1, 0.15) is 0 Å². The Morgan fingerprint density at radius 2 is 1.64 bits per heavy atom. The number of rotatable bonds is 9. The van der Waals surface area contributed by atoms with Crippen LogP contribution in [-0.4, -0.2) is 32.2 Å². The second-order valence-electron chi connectivity index (χ2n) is 6.30. The highest BCUT2D eigenvalue weighted by Crippen LogP contribution is 2.16. The number of nitro benzene ring substituents is 1. The van der Waals surface area contributed by atoms with Gasteiger partial charge in [0, 0.05) is 60.9 Å². The molecular weight excluding hydrogens is 374 g/mol. The van der Waals surface area contributed by atoms with Crippen molar-refractivity contribution in [3.63, 3.8) is 0 Å². The molecule has 0 radical (unpaired) electrons. The van der Waals surface area contributed by atoms with Crippen LogP contribution in [-0.2, 0) is 12.2 Å². The molecule has 28 heavy (non-hydrogen) atoms. The fraction of sp³-hybridized carbons (Fsp3) is 0.250. The number of anilines is 1. The fourth-order valence-corrected chi connectivity index (χ4v) is 3.33. The molecule has 2 aromatic heterocycles. The van der Waals surface area contributed by atoms with Crippen LogP contribution in [0.15, 0.2) is 55.0 Å². The lowest BCUT2D eigenvalue weighted by Crippen LogP contribution is -2.08. The number of nitrogens with zero attached hydrogens (tertiary/aromatic N) is 4. The Balaban J connectivity index is 1.37. The highest BCUT2D eigenvalue weighted by molar-refractivity contribution is 7.98. The van der Waals surface area contributed by atoms with Crippen molar-refractivity contribution < 1.29 is 4.92 Å². The molecule has 0 unspecified atom stereocenters. The smallest absolute Gasteiger partial charge is 0.269 e. The van der Waals surface area contributed by atoms with Gasteiger partial charge in [-0.15, -0.1) is 0 Å². The van der Waals surface area contributed by atoms with Gasteiger partial charge >= 0.3 is 0 Å². The normalized spacial score (nSPS) is 10.6. The maximum absolute atomic E-state index is 10.6. The molecule has 7 nitrogen and oxygen atoms in total. The van der Waals surface area contributed by atoms with Gasteiger partial charge < -0.3 is 5.32 Å². The molecule has 0 aliphatic carbocycles. The molecule has 0 saturated carbocycles. The van der Waals surface area contributed by atoms with E-state index in [1.165, 1.54) is 12.1 Å². The van der Waals surface area contributed by atoms with Crippen LogP contribution in [0.25, 0.3) is 0 Å². The van der Waals surface area contributed by atoms with E-state index in [0.717, 1.165) is 46.9 Å². The topological polar surface area (TPSA) is 93.8 Å². The van der Waals surface area contributed by atoms with E-state index in [-0.39, 0.29) is 10.6 Å². The summed E-state index contributed by atoms with van der Waals surface area (Å²) in [6.45, 7) is 2.72. The molecule has 2 heterocycles. The van der Waals surface area contributed by atoms with Crippen molar-refractivity contribution in [2.75, 3.05) is 17.6 Å². The minimum atomic E-state index is -0.385. The van der Waals surface area contributed by atoms with Crippen LogP contribution in [0.1, 0.15) is 22.4 Å². The quantitative estimate of drug-likeness (QED) is 0.332. The maximum Gasteiger partial charge on any atom is 0.269 e. The molecule has 3 aromatic rings. The van der Waals surface area contributed by atoms with E-state index in [1.807, 2.05) is 31.6 Å². The number of pyridine rings is 1. The first-order valence-electron chi connectivity index (χ1n) is 8.87. The molecule has 1 aromatic carbocycles. The second-order valence-corrected chi connectivity index (χ2v) is 7.41. The third-order valence-electron chi connectivity index (χ3n) is 4.03. The molecule has 0 amide bonds. The number of aromatic nitrogens is 3. The third-order valence-corrected chi connectivity index (χ3v) is 5.06. The van der Waals surface area contributed by atoms with Crippen LogP contribution in [0.4, 0.5) is 11.6 Å². The Labute approximate surface area is 167 Å². The Morgan fingerprint density at radius 1 is 0.964 bits per heavy atom. The van der Waals surface area contributed by atoms with E-state index in [4.69, 9.17) is 0 Å². The number of aryl methyl sites for hydroxylation is 1. The molecule has 0 spiro atoms. The highest BCUT2D eigenvalue weighted by Gasteiger charge is 2.04. The van der Waals surface area contributed by atoms with Gasteiger partial charge in [-0.1, -0.05) is 18.2 Å². The summed E-state index contributed by atoms with van der Waals surface area (Å²) in [7, 11) is 0. The average molecular weight is 395 g/mol. The van der Waals surface area contributed by atoms with Gasteiger partial charge in [0.25, 0.3) is 5.69 Å². The van der Waals surface area contributed by atoms with Crippen LogP contribution in [0.2, 0.25) is 0 Å². The van der Waals surface area contributed by atoms with Crippen molar-refractivity contribution in [2.45, 2.75) is 19.1 Å². The largest absolute Gasteiger partial charge is 0.353 e. The molecule has 0 aliphatic heterocycles. The Bertz CT molecular complexity index is 899. The van der Waals surface area contributed by atoms with Crippen molar-refractivity contribution in [1.29, 1.82) is 0 Å². The summed E-state index contributed by atoms with van der Waals surface area (Å²) in [5.74, 6) is 2.31. The number of non-ortho nitro benzene ring substituents is 1. The van der Waals surface area contributed by atoms with Gasteiger partial charge in [0.15, 0.2) is 0 Å². The van der Waals surface area contributed by atoms with Gasteiger partial charge in [0.05, 0.1) is 4.92 Å². The average Bonchev–Trinajstić information content (AvgIpc) is 2.71. The molecule has 0 fully saturated rings. The highest BCUT2D eigenvalue weighted by atomic mass is 32.2. The molecule has 1 N–H and O–H groups in total. The standard InChI is InChI=1S/C20H21N5O2S/c1-15-2-3-17(11-22-15)10-18-12-23-20(24-13-18)21-8-9-28-14-16-4-6-19(7-5-16)25(26)27/h2-7,11-13H,8-10,14H2,1H3,(H,21,23,24). The summed E-state index contributed by atoms with van der Waals surface area (Å²) >= 11 is 1.75. The van der Waals surface area contributed by atoms with Crippen LogP contribution >= 0.6 is 11.8 Å². The van der Waals surface area contributed by atoms with Crippen molar-refractivity contribution in [3.05, 3.63) is 87.5 Å². The van der Waals surface area contributed by atoms with Crippen LogP contribution in [0, 0.1) is 17.0 Å². The SMILES string of the molecule is Cc1ccc(Cc2cnc(NCCSCc3ccc([N+](=O)[O-])cc3)nc2)cn1. The fourth-order valence-electron chi connectivity index (χ4n) is 2.51. The van der Waals surface area contributed by atoms with Gasteiger partial charge in [-0.25, -0.2) is 9.97 Å². The van der Waals surface area contributed by atoms with Crippen molar-refractivity contribution in [3.8, 4) is 0 Å². The van der Waals surface area contributed by atoms with E-state index in [1.54, 1.807) is 23.9 Å². The molecule has 0 aliphatic rings. The van der Waals surface area contributed by atoms with Crippen molar-refractivity contribution in [2.24, 2.45) is 0 Å². The zero-order valence-corrected chi connectivity index (χ0v) is 16.4. The number of hydrogen-bond acceptors (Lipinski definition) is 7. The monoisotopic (exact) mass is 395 g/mol. The molecule has 0 saturated heterocycles. The van der Waals surface area contributed by atoms with Gasteiger partial charge in [-0.05, 0) is 29.7 Å². The summed E-state index contributed by atoms with van der Waals surface area (Å²) in [5, 5.41) is 13.9. The summed E-state index contributed by atoms with van der Waals surface area (Å²) in [6, 6.07) is 10.7. The van der Waals surface area contributed by atoms with Gasteiger partial charge in [-0.3, -0.25) is 15.1 Å². The Kier molecular flexibility index (Phi) is 6.91. The lowest BCUT2D eigenvalue weighted by atomic mass is 10.1. The summed E-state index contributed by atoms with van der Waals surface area (Å²) in [4.78, 5) is 23.3. The zero-order chi connectivity index (χ0) is 19.8. The minimum Gasteiger partial charge on any atom is -0.353 e. The van der Waals surface area contributed by atoms with Gasteiger partial charge in [-0.2, -0.15) is 11.8 Å². The Hall–Kier alpha value is -3.00. The molecule has 3 rings (SSSR count). The first kappa shape index (κ1) is 19.8.